The van der Waals surface area contributed by atoms with Crippen LogP contribution >= 0.6 is 23.5 Å². The molecule has 0 fully saturated rings. The Labute approximate surface area is 160 Å². The van der Waals surface area contributed by atoms with Crippen molar-refractivity contribution in [2.75, 3.05) is 24.9 Å². The SMILES string of the molecule is COc1cc(OC)c(SNC(=O)Nc2ccc(NC(C)=O)cc2)cc1Cl. The lowest BCUT2D eigenvalue weighted by molar-refractivity contribution is -0.114. The third kappa shape index (κ3) is 5.47. The fourth-order valence-electron chi connectivity index (χ4n) is 2.01. The monoisotopic (exact) mass is 395 g/mol. The van der Waals surface area contributed by atoms with Crippen molar-refractivity contribution in [1.82, 2.24) is 4.72 Å². The molecule has 2 aromatic rings. The van der Waals surface area contributed by atoms with Crippen molar-refractivity contribution in [2.24, 2.45) is 0 Å². The number of amides is 3. The number of hydrogen-bond donors (Lipinski definition) is 3. The quantitative estimate of drug-likeness (QED) is 0.639. The van der Waals surface area contributed by atoms with Gasteiger partial charge in [-0.15, -0.1) is 0 Å². The number of ether oxygens (including phenoxy) is 2. The third-order valence-electron chi connectivity index (χ3n) is 3.15. The van der Waals surface area contributed by atoms with E-state index in [0.29, 0.717) is 32.8 Å². The first-order valence-corrected chi connectivity index (χ1v) is 8.65. The van der Waals surface area contributed by atoms with Crippen molar-refractivity contribution < 1.29 is 19.1 Å². The molecule has 2 aromatic carbocycles. The van der Waals surface area contributed by atoms with Gasteiger partial charge in [-0.2, -0.15) is 0 Å². The van der Waals surface area contributed by atoms with Crippen LogP contribution < -0.4 is 24.8 Å². The first-order valence-electron chi connectivity index (χ1n) is 7.46. The predicted octanol–water partition coefficient (Wildman–Crippen LogP) is 4.14. The number of anilines is 2. The molecule has 0 unspecified atom stereocenters. The van der Waals surface area contributed by atoms with Crippen LogP contribution in [0.15, 0.2) is 41.3 Å². The zero-order chi connectivity index (χ0) is 19.1. The molecule has 0 aliphatic rings. The van der Waals surface area contributed by atoms with Gasteiger partial charge in [0.1, 0.15) is 11.5 Å². The van der Waals surface area contributed by atoms with Gasteiger partial charge in [0.05, 0.1) is 24.1 Å². The van der Waals surface area contributed by atoms with Crippen LogP contribution in [-0.2, 0) is 4.79 Å². The molecule has 9 heteroatoms. The first kappa shape index (κ1) is 19.7. The van der Waals surface area contributed by atoms with Crippen LogP contribution in [0.25, 0.3) is 0 Å². The van der Waals surface area contributed by atoms with Crippen molar-refractivity contribution >= 4 is 46.9 Å². The lowest BCUT2D eigenvalue weighted by atomic mass is 10.3. The minimum Gasteiger partial charge on any atom is -0.495 e. The maximum Gasteiger partial charge on any atom is 0.329 e. The molecule has 3 N–H and O–H groups in total. The Morgan fingerprint density at radius 3 is 2.08 bits per heavy atom. The number of carbonyl (C=O) groups is 2. The molecular formula is C17H18ClN3O4S. The lowest BCUT2D eigenvalue weighted by Crippen LogP contribution is -2.22. The van der Waals surface area contributed by atoms with E-state index in [1.807, 2.05) is 0 Å². The number of halogens is 1. The molecule has 0 atom stereocenters. The summed E-state index contributed by atoms with van der Waals surface area (Å²) in [6.07, 6.45) is 0. The molecule has 0 bridgehead atoms. The summed E-state index contributed by atoms with van der Waals surface area (Å²) in [5.74, 6) is 0.847. The molecule has 7 nitrogen and oxygen atoms in total. The van der Waals surface area contributed by atoms with E-state index in [1.165, 1.54) is 21.1 Å². The summed E-state index contributed by atoms with van der Waals surface area (Å²) in [5, 5.41) is 5.75. The van der Waals surface area contributed by atoms with Gasteiger partial charge in [-0.25, -0.2) is 4.79 Å². The fraction of sp³-hybridized carbons (Fsp3) is 0.176. The summed E-state index contributed by atoms with van der Waals surface area (Å²) in [5.41, 5.74) is 1.23. The van der Waals surface area contributed by atoms with E-state index in [2.05, 4.69) is 15.4 Å². The Hall–Kier alpha value is -2.58. The van der Waals surface area contributed by atoms with Crippen LogP contribution in [0.1, 0.15) is 6.92 Å². The maximum absolute atomic E-state index is 12.0. The molecule has 0 aliphatic heterocycles. The summed E-state index contributed by atoms with van der Waals surface area (Å²) < 4.78 is 13.1. The molecule has 0 aliphatic carbocycles. The van der Waals surface area contributed by atoms with Gasteiger partial charge >= 0.3 is 6.03 Å². The average Bonchev–Trinajstić information content (AvgIpc) is 2.61. The van der Waals surface area contributed by atoms with Crippen LogP contribution in [0.4, 0.5) is 16.2 Å². The standard InChI is InChI=1S/C17H18ClN3O4S/c1-10(22)19-11-4-6-12(7-5-11)20-17(23)21-26-16-8-13(18)14(24-2)9-15(16)25-3/h4-9H,1-3H3,(H,19,22)(H2,20,21,23). The van der Waals surface area contributed by atoms with Crippen molar-refractivity contribution in [1.29, 1.82) is 0 Å². The molecule has 0 spiro atoms. The summed E-state index contributed by atoms with van der Waals surface area (Å²) in [7, 11) is 3.03. The van der Waals surface area contributed by atoms with Crippen LogP contribution in [-0.4, -0.2) is 26.2 Å². The Balaban J connectivity index is 1.96. The Morgan fingerprint density at radius 1 is 0.962 bits per heavy atom. The van der Waals surface area contributed by atoms with Gasteiger partial charge in [-0.1, -0.05) is 11.6 Å². The van der Waals surface area contributed by atoms with Crippen LogP contribution in [0.2, 0.25) is 5.02 Å². The highest BCUT2D eigenvalue weighted by atomic mass is 35.5. The van der Waals surface area contributed by atoms with Crippen LogP contribution in [0.3, 0.4) is 0 Å². The summed E-state index contributed by atoms with van der Waals surface area (Å²) >= 11 is 7.16. The Bertz CT molecular complexity index is 799. The number of carbonyl (C=O) groups excluding carboxylic acids is 2. The van der Waals surface area contributed by atoms with Crippen molar-refractivity contribution in [3.63, 3.8) is 0 Å². The van der Waals surface area contributed by atoms with E-state index in [4.69, 9.17) is 21.1 Å². The summed E-state index contributed by atoms with van der Waals surface area (Å²) in [6, 6.07) is 9.61. The van der Waals surface area contributed by atoms with E-state index >= 15 is 0 Å². The summed E-state index contributed by atoms with van der Waals surface area (Å²) in [6.45, 7) is 1.43. The van der Waals surface area contributed by atoms with Gasteiger partial charge < -0.3 is 20.1 Å². The average molecular weight is 396 g/mol. The van der Waals surface area contributed by atoms with Crippen molar-refractivity contribution in [3.8, 4) is 11.5 Å². The zero-order valence-corrected chi connectivity index (χ0v) is 16.0. The smallest absolute Gasteiger partial charge is 0.329 e. The van der Waals surface area contributed by atoms with Gasteiger partial charge in [0.15, 0.2) is 0 Å². The third-order valence-corrected chi connectivity index (χ3v) is 4.28. The van der Waals surface area contributed by atoms with Gasteiger partial charge in [-0.3, -0.25) is 9.52 Å². The van der Waals surface area contributed by atoms with Gasteiger partial charge in [0, 0.05) is 24.4 Å². The second-order valence-corrected chi connectivity index (χ2v) is 6.31. The molecule has 0 saturated heterocycles. The molecule has 26 heavy (non-hydrogen) atoms. The number of methoxy groups -OCH3 is 2. The molecule has 2 rings (SSSR count). The zero-order valence-electron chi connectivity index (χ0n) is 14.4. The first-order chi connectivity index (χ1) is 12.4. The number of nitrogens with one attached hydrogen (secondary N) is 3. The highest BCUT2D eigenvalue weighted by Gasteiger charge is 2.12. The van der Waals surface area contributed by atoms with E-state index in [1.54, 1.807) is 36.4 Å². The molecular weight excluding hydrogens is 378 g/mol. The minimum absolute atomic E-state index is 0.160. The highest BCUT2D eigenvalue weighted by molar-refractivity contribution is 7.98. The molecule has 0 saturated carbocycles. The minimum atomic E-state index is -0.420. The lowest BCUT2D eigenvalue weighted by Gasteiger charge is -2.12. The molecule has 0 heterocycles. The number of rotatable bonds is 6. The van der Waals surface area contributed by atoms with Crippen LogP contribution in [0, 0.1) is 0 Å². The topological polar surface area (TPSA) is 88.7 Å². The summed E-state index contributed by atoms with van der Waals surface area (Å²) in [4.78, 5) is 23.7. The van der Waals surface area contributed by atoms with Crippen molar-refractivity contribution in [2.45, 2.75) is 11.8 Å². The number of benzene rings is 2. The molecule has 3 amide bonds. The van der Waals surface area contributed by atoms with E-state index in [-0.39, 0.29) is 5.91 Å². The molecule has 0 aromatic heterocycles. The largest absolute Gasteiger partial charge is 0.495 e. The Morgan fingerprint density at radius 2 is 1.54 bits per heavy atom. The Kier molecular flexibility index (Phi) is 6.99. The fourth-order valence-corrected chi connectivity index (χ4v) is 2.99. The van der Waals surface area contributed by atoms with Gasteiger partial charge in [0.2, 0.25) is 5.91 Å². The molecule has 138 valence electrons. The van der Waals surface area contributed by atoms with Gasteiger partial charge in [-0.05, 0) is 42.3 Å². The normalized spacial score (nSPS) is 10.0. The van der Waals surface area contributed by atoms with Gasteiger partial charge in [0.25, 0.3) is 0 Å². The van der Waals surface area contributed by atoms with Crippen LogP contribution in [0.5, 0.6) is 11.5 Å². The van der Waals surface area contributed by atoms with E-state index < -0.39 is 6.03 Å². The predicted molar refractivity (Wildman–Crippen MR) is 103 cm³/mol. The number of hydrogen-bond acceptors (Lipinski definition) is 5. The second-order valence-electron chi connectivity index (χ2n) is 5.05. The highest BCUT2D eigenvalue weighted by Crippen LogP contribution is 2.37. The van der Waals surface area contributed by atoms with Crippen molar-refractivity contribution in [3.05, 3.63) is 41.4 Å². The van der Waals surface area contributed by atoms with E-state index in [0.717, 1.165) is 11.9 Å². The number of urea groups is 1. The second kappa shape index (κ2) is 9.21. The maximum atomic E-state index is 12.0. The molecule has 0 radical (unpaired) electrons. The van der Waals surface area contributed by atoms with E-state index in [9.17, 15) is 9.59 Å².